The standard InChI is InChI=1S/C21H20N4O5/c26-15-3-1-2-14(9-15)23-21(30)22-10-12-4-5-13-11-25(20(29)16(13)8-12)17-6-7-18(27)24-19(17)28/h1-5,8-9,17,26H,6-7,10-11H2,(H2,22,23,30)(H,24,27,28). The number of rotatable bonds is 4. The molecule has 2 heterocycles. The van der Waals surface area contributed by atoms with Crippen LogP contribution in [0, 0.1) is 0 Å². The third-order valence-corrected chi connectivity index (χ3v) is 5.15. The molecule has 154 valence electrons. The molecule has 4 rings (SSSR count). The van der Waals surface area contributed by atoms with Gasteiger partial charge in [0.2, 0.25) is 11.8 Å². The average Bonchev–Trinajstić information content (AvgIpc) is 3.02. The number of nitrogens with one attached hydrogen (secondary N) is 3. The number of nitrogens with zero attached hydrogens (tertiary/aromatic N) is 1. The Bertz CT molecular complexity index is 1050. The summed E-state index contributed by atoms with van der Waals surface area (Å²) in [5, 5.41) is 17.0. The molecule has 5 amide bonds. The molecule has 2 aromatic carbocycles. The summed E-state index contributed by atoms with van der Waals surface area (Å²) < 4.78 is 0. The maximum atomic E-state index is 12.8. The van der Waals surface area contributed by atoms with E-state index in [9.17, 15) is 24.3 Å². The third-order valence-electron chi connectivity index (χ3n) is 5.15. The van der Waals surface area contributed by atoms with E-state index in [1.165, 1.54) is 17.0 Å². The van der Waals surface area contributed by atoms with Crippen LogP contribution < -0.4 is 16.0 Å². The highest BCUT2D eigenvalue weighted by Crippen LogP contribution is 2.28. The summed E-state index contributed by atoms with van der Waals surface area (Å²) >= 11 is 0. The van der Waals surface area contributed by atoms with Gasteiger partial charge in [-0.3, -0.25) is 19.7 Å². The van der Waals surface area contributed by atoms with Crippen molar-refractivity contribution < 1.29 is 24.3 Å². The second-order valence-electron chi connectivity index (χ2n) is 7.25. The van der Waals surface area contributed by atoms with Crippen molar-refractivity contribution in [1.82, 2.24) is 15.5 Å². The van der Waals surface area contributed by atoms with E-state index in [2.05, 4.69) is 16.0 Å². The van der Waals surface area contributed by atoms with E-state index in [4.69, 9.17) is 0 Å². The van der Waals surface area contributed by atoms with Gasteiger partial charge in [0, 0.05) is 36.8 Å². The molecule has 9 nitrogen and oxygen atoms in total. The van der Waals surface area contributed by atoms with Crippen molar-refractivity contribution in [2.75, 3.05) is 5.32 Å². The monoisotopic (exact) mass is 408 g/mol. The highest BCUT2D eigenvalue weighted by atomic mass is 16.3. The number of hydrogen-bond donors (Lipinski definition) is 4. The zero-order valence-corrected chi connectivity index (χ0v) is 16.0. The molecule has 0 saturated carbocycles. The van der Waals surface area contributed by atoms with Crippen molar-refractivity contribution >= 4 is 29.4 Å². The van der Waals surface area contributed by atoms with Crippen molar-refractivity contribution in [3.8, 4) is 5.75 Å². The number of carbonyl (C=O) groups is 4. The number of fused-ring (bicyclic) bond motifs is 1. The number of aromatic hydroxyl groups is 1. The van der Waals surface area contributed by atoms with Gasteiger partial charge in [0.15, 0.2) is 0 Å². The Morgan fingerprint density at radius 2 is 2.00 bits per heavy atom. The predicted octanol–water partition coefficient (Wildman–Crippen LogP) is 1.47. The van der Waals surface area contributed by atoms with Crippen LogP contribution in [0.25, 0.3) is 0 Å². The highest BCUT2D eigenvalue weighted by molar-refractivity contribution is 6.05. The van der Waals surface area contributed by atoms with E-state index in [1.54, 1.807) is 18.2 Å². The van der Waals surface area contributed by atoms with Crippen molar-refractivity contribution in [3.63, 3.8) is 0 Å². The summed E-state index contributed by atoms with van der Waals surface area (Å²) in [5.41, 5.74) is 2.49. The summed E-state index contributed by atoms with van der Waals surface area (Å²) in [5.74, 6) is -0.980. The van der Waals surface area contributed by atoms with Crippen LogP contribution in [0.15, 0.2) is 42.5 Å². The zero-order chi connectivity index (χ0) is 21.3. The van der Waals surface area contributed by atoms with E-state index in [0.717, 1.165) is 11.1 Å². The Balaban J connectivity index is 1.39. The first-order chi connectivity index (χ1) is 14.4. The van der Waals surface area contributed by atoms with Gasteiger partial charge in [0.1, 0.15) is 11.8 Å². The van der Waals surface area contributed by atoms with Crippen molar-refractivity contribution in [1.29, 1.82) is 0 Å². The minimum Gasteiger partial charge on any atom is -0.508 e. The molecule has 4 N–H and O–H groups in total. The summed E-state index contributed by atoms with van der Waals surface area (Å²) in [7, 11) is 0. The van der Waals surface area contributed by atoms with E-state index in [1.807, 2.05) is 12.1 Å². The summed E-state index contributed by atoms with van der Waals surface area (Å²) in [6.07, 6.45) is 0.522. The van der Waals surface area contributed by atoms with Gasteiger partial charge < -0.3 is 20.6 Å². The van der Waals surface area contributed by atoms with Gasteiger partial charge in [-0.1, -0.05) is 18.2 Å². The minimum absolute atomic E-state index is 0.0468. The summed E-state index contributed by atoms with van der Waals surface area (Å²) in [4.78, 5) is 49.8. The van der Waals surface area contributed by atoms with Gasteiger partial charge in [-0.05, 0) is 35.7 Å². The molecule has 2 aromatic rings. The first-order valence-electron chi connectivity index (χ1n) is 9.51. The van der Waals surface area contributed by atoms with Crippen LogP contribution in [0.2, 0.25) is 0 Å². The molecule has 0 radical (unpaired) electrons. The Morgan fingerprint density at radius 3 is 2.77 bits per heavy atom. The molecule has 1 saturated heterocycles. The number of benzene rings is 2. The lowest BCUT2D eigenvalue weighted by Gasteiger charge is -2.29. The molecule has 1 fully saturated rings. The van der Waals surface area contributed by atoms with Crippen LogP contribution in [0.3, 0.4) is 0 Å². The number of hydrogen-bond acceptors (Lipinski definition) is 5. The van der Waals surface area contributed by atoms with Crippen molar-refractivity contribution in [2.24, 2.45) is 0 Å². The minimum atomic E-state index is -0.655. The second-order valence-corrected chi connectivity index (χ2v) is 7.25. The van der Waals surface area contributed by atoms with Crippen LogP contribution in [-0.2, 0) is 22.7 Å². The van der Waals surface area contributed by atoms with Gasteiger partial charge in [0.25, 0.3) is 5.91 Å². The van der Waals surface area contributed by atoms with Gasteiger partial charge >= 0.3 is 6.03 Å². The Labute approximate surface area is 172 Å². The molecule has 2 aliphatic heterocycles. The fraction of sp³-hybridized carbons (Fsp3) is 0.238. The molecule has 0 bridgehead atoms. The first-order valence-corrected chi connectivity index (χ1v) is 9.51. The van der Waals surface area contributed by atoms with Crippen LogP contribution in [-0.4, -0.2) is 39.8 Å². The second kappa shape index (κ2) is 7.86. The van der Waals surface area contributed by atoms with E-state index in [-0.39, 0.29) is 30.5 Å². The SMILES string of the molecule is O=C1CCC(N2Cc3ccc(CNC(=O)Nc4cccc(O)c4)cc3C2=O)C(=O)N1. The number of piperidine rings is 1. The number of phenolic OH excluding ortho intramolecular Hbond substituents is 1. The molecular weight excluding hydrogens is 388 g/mol. The number of amides is 5. The fourth-order valence-corrected chi connectivity index (χ4v) is 3.65. The normalized spacial score (nSPS) is 18.1. The number of phenols is 1. The van der Waals surface area contributed by atoms with Gasteiger partial charge in [-0.2, -0.15) is 0 Å². The molecule has 1 atom stereocenters. The number of carbonyl (C=O) groups excluding carboxylic acids is 4. The average molecular weight is 408 g/mol. The highest BCUT2D eigenvalue weighted by Gasteiger charge is 2.39. The first kappa shape index (κ1) is 19.4. The maximum absolute atomic E-state index is 12.8. The Hall–Kier alpha value is -3.88. The lowest BCUT2D eigenvalue weighted by Crippen LogP contribution is -2.52. The largest absolute Gasteiger partial charge is 0.508 e. The molecule has 0 aliphatic carbocycles. The van der Waals surface area contributed by atoms with Crippen LogP contribution in [0.5, 0.6) is 5.75 Å². The number of imide groups is 1. The number of anilines is 1. The molecule has 0 spiro atoms. The van der Waals surface area contributed by atoms with E-state index in [0.29, 0.717) is 24.2 Å². The van der Waals surface area contributed by atoms with Crippen LogP contribution in [0.1, 0.15) is 34.3 Å². The van der Waals surface area contributed by atoms with Crippen LogP contribution in [0.4, 0.5) is 10.5 Å². The van der Waals surface area contributed by atoms with Gasteiger partial charge in [-0.25, -0.2) is 4.79 Å². The molecule has 30 heavy (non-hydrogen) atoms. The topological polar surface area (TPSA) is 128 Å². The number of urea groups is 1. The molecule has 1 unspecified atom stereocenters. The predicted molar refractivity (Wildman–Crippen MR) is 106 cm³/mol. The summed E-state index contributed by atoms with van der Waals surface area (Å²) in [6, 6.07) is 10.4. The summed E-state index contributed by atoms with van der Waals surface area (Å²) in [6.45, 7) is 0.510. The molecule has 2 aliphatic rings. The van der Waals surface area contributed by atoms with Crippen molar-refractivity contribution in [3.05, 3.63) is 59.2 Å². The van der Waals surface area contributed by atoms with Crippen LogP contribution >= 0.6 is 0 Å². The van der Waals surface area contributed by atoms with E-state index < -0.39 is 18.0 Å². The maximum Gasteiger partial charge on any atom is 0.319 e. The van der Waals surface area contributed by atoms with Gasteiger partial charge in [-0.15, -0.1) is 0 Å². The molecule has 0 aromatic heterocycles. The fourth-order valence-electron chi connectivity index (χ4n) is 3.65. The smallest absolute Gasteiger partial charge is 0.319 e. The zero-order valence-electron chi connectivity index (χ0n) is 16.0. The quantitative estimate of drug-likeness (QED) is 0.570. The van der Waals surface area contributed by atoms with E-state index >= 15 is 0 Å². The third kappa shape index (κ3) is 3.95. The molecule has 9 heteroatoms. The Morgan fingerprint density at radius 1 is 1.17 bits per heavy atom. The van der Waals surface area contributed by atoms with Crippen molar-refractivity contribution in [2.45, 2.75) is 32.0 Å². The molecular formula is C21H20N4O5. The lowest BCUT2D eigenvalue weighted by molar-refractivity contribution is -0.136. The lowest BCUT2D eigenvalue weighted by atomic mass is 10.0. The van der Waals surface area contributed by atoms with Gasteiger partial charge in [0.05, 0.1) is 0 Å². The Kier molecular flexibility index (Phi) is 5.09.